The molecule has 1 aliphatic heterocycles. The van der Waals surface area contributed by atoms with Crippen LogP contribution in [0.15, 0.2) is 28.7 Å². The van der Waals surface area contributed by atoms with Gasteiger partial charge in [0.1, 0.15) is 5.76 Å². The summed E-state index contributed by atoms with van der Waals surface area (Å²) in [6.07, 6.45) is 4.10. The molecule has 148 valence electrons. The third-order valence-corrected chi connectivity index (χ3v) is 5.69. The molecule has 1 aliphatic carbocycles. The molecule has 0 radical (unpaired) electrons. The molecule has 2 aromatic rings. The number of nitrogens with zero attached hydrogens (tertiary/aromatic N) is 1. The minimum absolute atomic E-state index is 0.0353. The number of amides is 1. The Balaban J connectivity index is 1.37. The van der Waals surface area contributed by atoms with Gasteiger partial charge < -0.3 is 20.2 Å². The minimum Gasteiger partial charge on any atom is -0.481 e. The highest BCUT2D eigenvalue weighted by atomic mass is 16.4. The van der Waals surface area contributed by atoms with Crippen LogP contribution in [-0.4, -0.2) is 35.1 Å². The van der Waals surface area contributed by atoms with E-state index in [4.69, 9.17) is 9.52 Å². The van der Waals surface area contributed by atoms with Gasteiger partial charge in [0.2, 0.25) is 11.8 Å². The quantitative estimate of drug-likeness (QED) is 0.750. The summed E-state index contributed by atoms with van der Waals surface area (Å²) in [5.74, 6) is 0.355. The highest BCUT2D eigenvalue weighted by Crippen LogP contribution is 2.30. The van der Waals surface area contributed by atoms with Crippen LogP contribution in [0, 0.1) is 11.8 Å². The monoisotopic (exact) mass is 383 g/mol. The van der Waals surface area contributed by atoms with Gasteiger partial charge in [-0.1, -0.05) is 0 Å². The predicted molar refractivity (Wildman–Crippen MR) is 104 cm³/mol. The zero-order chi connectivity index (χ0) is 19.5. The number of carbonyl (C=O) groups is 2. The van der Waals surface area contributed by atoms with Crippen molar-refractivity contribution in [3.8, 4) is 11.5 Å². The number of aliphatic carboxylic acids is 1. The van der Waals surface area contributed by atoms with Gasteiger partial charge in [-0.3, -0.25) is 9.59 Å². The molecule has 28 heavy (non-hydrogen) atoms. The lowest BCUT2D eigenvalue weighted by Gasteiger charge is -2.25. The Morgan fingerprint density at radius 1 is 1.04 bits per heavy atom. The third-order valence-electron chi connectivity index (χ3n) is 5.69. The van der Waals surface area contributed by atoms with E-state index in [-0.39, 0.29) is 17.7 Å². The molecule has 1 fully saturated rings. The molecule has 3 N–H and O–H groups in total. The van der Waals surface area contributed by atoms with E-state index in [1.54, 1.807) is 0 Å². The number of benzene rings is 1. The maximum absolute atomic E-state index is 12.5. The van der Waals surface area contributed by atoms with Crippen LogP contribution in [0.1, 0.15) is 37.1 Å². The van der Waals surface area contributed by atoms with E-state index in [2.05, 4.69) is 15.6 Å². The molecule has 1 saturated carbocycles. The first kappa shape index (κ1) is 18.7. The Hall–Kier alpha value is -2.67. The smallest absolute Gasteiger partial charge is 0.306 e. The standard InChI is InChI=1S/C21H25N3O4/c25-19(13-1-3-15(4-2-13)21(26)27)23-16-7-5-14(6-8-16)20-24-17-9-11-22-12-10-18(17)28-20/h5-8,13,15,22H,1-4,9-12H2,(H,23,25)(H,26,27). The van der Waals surface area contributed by atoms with Crippen molar-refractivity contribution in [2.24, 2.45) is 11.8 Å². The van der Waals surface area contributed by atoms with E-state index in [0.29, 0.717) is 31.6 Å². The number of fused-ring (bicyclic) bond motifs is 1. The number of anilines is 1. The van der Waals surface area contributed by atoms with Gasteiger partial charge in [0.05, 0.1) is 11.6 Å². The molecular formula is C21H25N3O4. The summed E-state index contributed by atoms with van der Waals surface area (Å²) in [6.45, 7) is 1.82. The summed E-state index contributed by atoms with van der Waals surface area (Å²) in [5, 5.41) is 15.3. The first-order valence-electron chi connectivity index (χ1n) is 9.93. The van der Waals surface area contributed by atoms with Crippen molar-refractivity contribution in [2.75, 3.05) is 18.4 Å². The second kappa shape index (κ2) is 8.14. The van der Waals surface area contributed by atoms with Crippen LogP contribution in [0.5, 0.6) is 0 Å². The third kappa shape index (κ3) is 4.09. The fourth-order valence-electron chi connectivity index (χ4n) is 3.97. The number of carboxylic acids is 1. The van der Waals surface area contributed by atoms with Crippen LogP contribution in [-0.2, 0) is 22.4 Å². The number of rotatable bonds is 4. The minimum atomic E-state index is -0.755. The SMILES string of the molecule is O=C(O)C1CCC(C(=O)Nc2ccc(-c3nc4c(o3)CCNCC4)cc2)CC1. The molecule has 0 bridgehead atoms. The summed E-state index contributed by atoms with van der Waals surface area (Å²) >= 11 is 0. The topological polar surface area (TPSA) is 104 Å². The normalized spacial score (nSPS) is 22.1. The molecule has 1 aromatic heterocycles. The van der Waals surface area contributed by atoms with Crippen LogP contribution in [0.3, 0.4) is 0 Å². The van der Waals surface area contributed by atoms with E-state index in [9.17, 15) is 9.59 Å². The van der Waals surface area contributed by atoms with E-state index in [1.165, 1.54) is 0 Å². The van der Waals surface area contributed by atoms with Crippen molar-refractivity contribution in [1.29, 1.82) is 0 Å². The van der Waals surface area contributed by atoms with E-state index < -0.39 is 5.97 Å². The zero-order valence-corrected chi connectivity index (χ0v) is 15.7. The van der Waals surface area contributed by atoms with E-state index in [1.807, 2.05) is 24.3 Å². The Kier molecular flexibility index (Phi) is 5.43. The number of carboxylic acid groups (broad SMARTS) is 1. The van der Waals surface area contributed by atoms with Crippen LogP contribution >= 0.6 is 0 Å². The second-order valence-corrected chi connectivity index (χ2v) is 7.59. The van der Waals surface area contributed by atoms with E-state index in [0.717, 1.165) is 48.6 Å². The Morgan fingerprint density at radius 2 is 1.71 bits per heavy atom. The predicted octanol–water partition coefficient (Wildman–Crippen LogP) is 2.86. The molecule has 2 heterocycles. The summed E-state index contributed by atoms with van der Waals surface area (Å²) in [7, 11) is 0. The lowest BCUT2D eigenvalue weighted by molar-refractivity contribution is -0.143. The van der Waals surface area contributed by atoms with Crippen molar-refractivity contribution in [3.05, 3.63) is 35.7 Å². The largest absolute Gasteiger partial charge is 0.481 e. The molecule has 1 aromatic carbocycles. The lowest BCUT2D eigenvalue weighted by atomic mass is 9.81. The maximum Gasteiger partial charge on any atom is 0.306 e. The van der Waals surface area contributed by atoms with Crippen LogP contribution in [0.25, 0.3) is 11.5 Å². The van der Waals surface area contributed by atoms with Crippen LogP contribution in [0.2, 0.25) is 0 Å². The van der Waals surface area contributed by atoms with Gasteiger partial charge in [-0.25, -0.2) is 4.98 Å². The Labute approximate surface area is 163 Å². The second-order valence-electron chi connectivity index (χ2n) is 7.59. The van der Waals surface area contributed by atoms with Gasteiger partial charge in [-0.15, -0.1) is 0 Å². The summed E-state index contributed by atoms with van der Waals surface area (Å²) in [6, 6.07) is 7.51. The fourth-order valence-corrected chi connectivity index (χ4v) is 3.97. The molecule has 2 aliphatic rings. The summed E-state index contributed by atoms with van der Waals surface area (Å²) in [5.41, 5.74) is 2.64. The highest BCUT2D eigenvalue weighted by Gasteiger charge is 2.29. The Bertz CT molecular complexity index is 828. The number of aromatic nitrogens is 1. The van der Waals surface area contributed by atoms with Crippen molar-refractivity contribution < 1.29 is 19.1 Å². The molecule has 7 heteroatoms. The zero-order valence-electron chi connectivity index (χ0n) is 15.7. The molecule has 4 rings (SSSR count). The van der Waals surface area contributed by atoms with Crippen molar-refractivity contribution in [1.82, 2.24) is 10.3 Å². The van der Waals surface area contributed by atoms with Crippen molar-refractivity contribution in [2.45, 2.75) is 38.5 Å². The van der Waals surface area contributed by atoms with Gasteiger partial charge >= 0.3 is 5.97 Å². The molecule has 7 nitrogen and oxygen atoms in total. The number of carbonyl (C=O) groups excluding carboxylic acids is 1. The summed E-state index contributed by atoms with van der Waals surface area (Å²) < 4.78 is 5.93. The van der Waals surface area contributed by atoms with Crippen molar-refractivity contribution in [3.63, 3.8) is 0 Å². The first-order chi connectivity index (χ1) is 13.6. The van der Waals surface area contributed by atoms with Gasteiger partial charge in [0.15, 0.2) is 0 Å². The molecule has 0 saturated heterocycles. The van der Waals surface area contributed by atoms with Crippen LogP contribution < -0.4 is 10.6 Å². The van der Waals surface area contributed by atoms with Gasteiger partial charge in [-0.2, -0.15) is 0 Å². The molecular weight excluding hydrogens is 358 g/mol. The number of nitrogens with one attached hydrogen (secondary N) is 2. The van der Waals surface area contributed by atoms with Crippen molar-refractivity contribution >= 4 is 17.6 Å². The summed E-state index contributed by atoms with van der Waals surface area (Å²) in [4.78, 5) is 28.1. The average Bonchev–Trinajstić information content (AvgIpc) is 2.99. The first-order valence-corrected chi connectivity index (χ1v) is 9.93. The van der Waals surface area contributed by atoms with Gasteiger partial charge in [0, 0.05) is 43.1 Å². The fraction of sp³-hybridized carbons (Fsp3) is 0.476. The average molecular weight is 383 g/mol. The number of hydrogen-bond acceptors (Lipinski definition) is 5. The highest BCUT2D eigenvalue weighted by molar-refractivity contribution is 5.92. The van der Waals surface area contributed by atoms with Crippen LogP contribution in [0.4, 0.5) is 5.69 Å². The molecule has 0 unspecified atom stereocenters. The Morgan fingerprint density at radius 3 is 2.43 bits per heavy atom. The molecule has 0 atom stereocenters. The maximum atomic E-state index is 12.5. The number of hydrogen-bond donors (Lipinski definition) is 3. The lowest BCUT2D eigenvalue weighted by Crippen LogP contribution is -2.29. The van der Waals surface area contributed by atoms with E-state index >= 15 is 0 Å². The molecule has 1 amide bonds. The number of oxazole rings is 1. The van der Waals surface area contributed by atoms with Gasteiger partial charge in [-0.05, 0) is 49.9 Å². The van der Waals surface area contributed by atoms with Gasteiger partial charge in [0.25, 0.3) is 0 Å². The molecule has 0 spiro atoms.